The minimum absolute atomic E-state index is 0.0256. The number of carbonyl (C=O) groups excluding carboxylic acids is 1. The van der Waals surface area contributed by atoms with Crippen molar-refractivity contribution in [2.24, 2.45) is 5.92 Å². The summed E-state index contributed by atoms with van der Waals surface area (Å²) in [6.07, 6.45) is 0. The maximum atomic E-state index is 12.4. The Bertz CT molecular complexity index is 430. The molecule has 0 fully saturated rings. The van der Waals surface area contributed by atoms with Crippen molar-refractivity contribution >= 4 is 21.8 Å². The molecule has 0 aliphatic rings. The Morgan fingerprint density at radius 2 is 1.94 bits per heavy atom. The molecular weight excluding hydrogens is 294 g/mol. The monoisotopic (exact) mass is 313 g/mol. The van der Waals surface area contributed by atoms with E-state index in [1.54, 1.807) is 17.0 Å². The van der Waals surface area contributed by atoms with Gasteiger partial charge in [0.2, 0.25) is 0 Å². The molecule has 100 valence electrons. The molecule has 0 aliphatic carbocycles. The van der Waals surface area contributed by atoms with Crippen molar-refractivity contribution in [2.45, 2.75) is 33.7 Å². The van der Waals surface area contributed by atoms with E-state index in [0.717, 1.165) is 4.47 Å². The maximum Gasteiger partial charge on any atom is 0.257 e. The molecule has 0 radical (unpaired) electrons. The van der Waals surface area contributed by atoms with Crippen LogP contribution in [0.4, 0.5) is 0 Å². The Morgan fingerprint density at radius 1 is 1.33 bits per heavy atom. The largest absolute Gasteiger partial charge is 0.507 e. The van der Waals surface area contributed by atoms with E-state index in [1.165, 1.54) is 6.07 Å². The average Bonchev–Trinajstić information content (AvgIpc) is 2.27. The Kier molecular flexibility index (Phi) is 5.20. The van der Waals surface area contributed by atoms with Crippen molar-refractivity contribution in [3.05, 3.63) is 28.2 Å². The molecule has 0 aliphatic heterocycles. The third-order valence-corrected chi connectivity index (χ3v) is 3.13. The second-order valence-electron chi connectivity index (χ2n) is 5.11. The molecule has 0 spiro atoms. The number of hydrogen-bond donors (Lipinski definition) is 1. The van der Waals surface area contributed by atoms with Crippen LogP contribution in [0.3, 0.4) is 0 Å². The van der Waals surface area contributed by atoms with Gasteiger partial charge in [0, 0.05) is 17.1 Å². The summed E-state index contributed by atoms with van der Waals surface area (Å²) >= 11 is 3.32. The molecule has 1 rings (SSSR count). The lowest BCUT2D eigenvalue weighted by Gasteiger charge is -2.28. The van der Waals surface area contributed by atoms with Gasteiger partial charge in [0.15, 0.2) is 0 Å². The first-order valence-electron chi connectivity index (χ1n) is 6.12. The highest BCUT2D eigenvalue weighted by Gasteiger charge is 2.22. The molecular formula is C14H20BrNO2. The lowest BCUT2D eigenvalue weighted by Crippen LogP contribution is -2.39. The fourth-order valence-electron chi connectivity index (χ4n) is 1.76. The first kappa shape index (κ1) is 15.0. The van der Waals surface area contributed by atoms with Gasteiger partial charge < -0.3 is 10.0 Å². The molecule has 1 amide bonds. The van der Waals surface area contributed by atoms with Gasteiger partial charge >= 0.3 is 0 Å². The predicted molar refractivity (Wildman–Crippen MR) is 76.8 cm³/mol. The highest BCUT2D eigenvalue weighted by atomic mass is 79.9. The molecule has 0 atom stereocenters. The summed E-state index contributed by atoms with van der Waals surface area (Å²) < 4.78 is 0.789. The number of nitrogens with zero attached hydrogens (tertiary/aromatic N) is 1. The van der Waals surface area contributed by atoms with Gasteiger partial charge in [-0.3, -0.25) is 4.79 Å². The summed E-state index contributed by atoms with van der Waals surface area (Å²) in [4.78, 5) is 14.2. The maximum absolute atomic E-state index is 12.4. The summed E-state index contributed by atoms with van der Waals surface area (Å²) in [6.45, 7) is 8.79. The second-order valence-corrected chi connectivity index (χ2v) is 6.02. The summed E-state index contributed by atoms with van der Waals surface area (Å²) in [5.74, 6) is 0.292. The molecule has 0 saturated heterocycles. The molecule has 3 nitrogen and oxygen atoms in total. The van der Waals surface area contributed by atoms with E-state index in [-0.39, 0.29) is 17.7 Å². The van der Waals surface area contributed by atoms with Crippen LogP contribution in [0.1, 0.15) is 38.1 Å². The number of amides is 1. The Labute approximate surface area is 117 Å². The third kappa shape index (κ3) is 3.73. The van der Waals surface area contributed by atoms with Crippen LogP contribution in [0.15, 0.2) is 22.7 Å². The number of benzene rings is 1. The zero-order valence-electron chi connectivity index (χ0n) is 11.3. The van der Waals surface area contributed by atoms with Crippen molar-refractivity contribution in [3.8, 4) is 5.75 Å². The molecule has 18 heavy (non-hydrogen) atoms. The van der Waals surface area contributed by atoms with Gasteiger partial charge in [0.05, 0.1) is 5.56 Å². The number of rotatable bonds is 4. The van der Waals surface area contributed by atoms with Crippen LogP contribution in [-0.4, -0.2) is 28.5 Å². The third-order valence-electron chi connectivity index (χ3n) is 2.64. The minimum atomic E-state index is -0.127. The van der Waals surface area contributed by atoms with Gasteiger partial charge in [-0.25, -0.2) is 0 Å². The number of hydrogen-bond acceptors (Lipinski definition) is 2. The smallest absolute Gasteiger partial charge is 0.257 e. The molecule has 1 aromatic carbocycles. The Hall–Kier alpha value is -1.03. The van der Waals surface area contributed by atoms with Gasteiger partial charge in [0.25, 0.3) is 5.91 Å². The first-order chi connectivity index (χ1) is 8.32. The molecule has 1 aromatic rings. The molecule has 0 aromatic heterocycles. The van der Waals surface area contributed by atoms with Crippen molar-refractivity contribution in [1.29, 1.82) is 0 Å². The van der Waals surface area contributed by atoms with Crippen molar-refractivity contribution in [2.75, 3.05) is 6.54 Å². The number of carbonyl (C=O) groups is 1. The quantitative estimate of drug-likeness (QED) is 0.921. The Balaban J connectivity index is 3.05. The van der Waals surface area contributed by atoms with E-state index in [4.69, 9.17) is 0 Å². The fourth-order valence-corrected chi connectivity index (χ4v) is 2.12. The molecule has 0 unspecified atom stereocenters. The van der Waals surface area contributed by atoms with E-state index in [9.17, 15) is 9.90 Å². The van der Waals surface area contributed by atoms with Gasteiger partial charge in [-0.2, -0.15) is 0 Å². The first-order valence-corrected chi connectivity index (χ1v) is 6.91. The lowest BCUT2D eigenvalue weighted by atomic mass is 10.1. The van der Waals surface area contributed by atoms with Crippen LogP contribution in [0, 0.1) is 5.92 Å². The highest BCUT2D eigenvalue weighted by molar-refractivity contribution is 9.10. The van der Waals surface area contributed by atoms with E-state index in [0.29, 0.717) is 18.0 Å². The summed E-state index contributed by atoms with van der Waals surface area (Å²) in [6, 6.07) is 5.02. The number of halogens is 1. The highest BCUT2D eigenvalue weighted by Crippen LogP contribution is 2.24. The van der Waals surface area contributed by atoms with Gasteiger partial charge in [-0.05, 0) is 38.0 Å². The summed E-state index contributed by atoms with van der Waals surface area (Å²) in [5.41, 5.74) is 0.346. The van der Waals surface area contributed by atoms with Crippen LogP contribution in [0.5, 0.6) is 5.75 Å². The zero-order valence-corrected chi connectivity index (χ0v) is 12.9. The number of phenols is 1. The van der Waals surface area contributed by atoms with Crippen LogP contribution in [0.25, 0.3) is 0 Å². The second kappa shape index (κ2) is 6.23. The average molecular weight is 314 g/mol. The summed E-state index contributed by atoms with van der Waals surface area (Å²) in [5, 5.41) is 9.80. The standard InChI is InChI=1S/C14H20BrNO2/c1-9(2)8-16(10(3)4)14(18)12-7-11(15)5-6-13(12)17/h5-7,9-10,17H,8H2,1-4H3. The van der Waals surface area contributed by atoms with Gasteiger partial charge in [-0.1, -0.05) is 29.8 Å². The van der Waals surface area contributed by atoms with Crippen molar-refractivity contribution in [1.82, 2.24) is 4.90 Å². The topological polar surface area (TPSA) is 40.5 Å². The van der Waals surface area contributed by atoms with Gasteiger partial charge in [-0.15, -0.1) is 0 Å². The van der Waals surface area contributed by atoms with Gasteiger partial charge in [0.1, 0.15) is 5.75 Å². The van der Waals surface area contributed by atoms with E-state index in [2.05, 4.69) is 29.8 Å². The molecule has 1 N–H and O–H groups in total. The predicted octanol–water partition coefficient (Wildman–Crippen LogP) is 3.66. The van der Waals surface area contributed by atoms with Crippen LogP contribution in [0.2, 0.25) is 0 Å². The van der Waals surface area contributed by atoms with Crippen molar-refractivity contribution in [3.63, 3.8) is 0 Å². The molecule has 4 heteroatoms. The Morgan fingerprint density at radius 3 is 2.44 bits per heavy atom. The zero-order chi connectivity index (χ0) is 13.9. The normalized spacial score (nSPS) is 11.1. The number of phenolic OH excluding ortho intramolecular Hbond substituents is 1. The van der Waals surface area contributed by atoms with Crippen molar-refractivity contribution < 1.29 is 9.90 Å². The minimum Gasteiger partial charge on any atom is -0.507 e. The number of aromatic hydroxyl groups is 1. The SMILES string of the molecule is CC(C)CN(C(=O)c1cc(Br)ccc1O)C(C)C. The van der Waals surface area contributed by atoms with E-state index >= 15 is 0 Å². The van der Waals surface area contributed by atoms with Crippen LogP contribution in [-0.2, 0) is 0 Å². The molecule has 0 saturated carbocycles. The van der Waals surface area contributed by atoms with Crippen LogP contribution < -0.4 is 0 Å². The summed E-state index contributed by atoms with van der Waals surface area (Å²) in [7, 11) is 0. The van der Waals surface area contributed by atoms with E-state index < -0.39 is 0 Å². The lowest BCUT2D eigenvalue weighted by molar-refractivity contribution is 0.0679. The van der Waals surface area contributed by atoms with E-state index in [1.807, 2.05) is 13.8 Å². The van der Waals surface area contributed by atoms with Crippen LogP contribution >= 0.6 is 15.9 Å². The molecule has 0 heterocycles. The molecule has 0 bridgehead atoms. The fraction of sp³-hybridized carbons (Fsp3) is 0.500.